The summed E-state index contributed by atoms with van der Waals surface area (Å²) in [6.07, 6.45) is 2.09. The summed E-state index contributed by atoms with van der Waals surface area (Å²) in [5.74, 6) is 0. The number of halogens is 1. The van der Waals surface area contributed by atoms with Crippen molar-refractivity contribution >= 4 is 34.7 Å². The lowest BCUT2D eigenvalue weighted by Gasteiger charge is -2.06. The van der Waals surface area contributed by atoms with Crippen LogP contribution in [0, 0.1) is 6.92 Å². The highest BCUT2D eigenvalue weighted by Gasteiger charge is 2.18. The minimum absolute atomic E-state index is 0.729. The van der Waals surface area contributed by atoms with Crippen LogP contribution in [0.4, 0.5) is 0 Å². The molecule has 0 amide bonds. The van der Waals surface area contributed by atoms with Crippen LogP contribution in [0.5, 0.6) is 0 Å². The van der Waals surface area contributed by atoms with Gasteiger partial charge in [0.2, 0.25) is 0 Å². The molecule has 0 saturated carbocycles. The summed E-state index contributed by atoms with van der Waals surface area (Å²) in [4.78, 5) is 7.45. The van der Waals surface area contributed by atoms with Gasteiger partial charge in [0.05, 0.1) is 15.6 Å². The predicted molar refractivity (Wildman–Crippen MR) is 120 cm³/mol. The van der Waals surface area contributed by atoms with Crippen LogP contribution >= 0.6 is 34.7 Å². The summed E-state index contributed by atoms with van der Waals surface area (Å²) in [5, 5.41) is 1.68. The molecule has 1 aromatic heterocycles. The van der Waals surface area contributed by atoms with E-state index in [1.54, 1.807) is 23.1 Å². The lowest BCUT2D eigenvalue weighted by atomic mass is 10.0. The molecule has 0 N–H and O–H groups in total. The molecule has 4 heteroatoms. The normalized spacial score (nSPS) is 10.9. The SMILES string of the molecule is CSc1ccc(-c2sc(-c3ccccc3Cl)nc2-c2ccccc2C)cc1. The second-order valence-electron chi connectivity index (χ2n) is 6.22. The first-order chi connectivity index (χ1) is 13.2. The lowest BCUT2D eigenvalue weighted by molar-refractivity contribution is 1.36. The van der Waals surface area contributed by atoms with E-state index in [-0.39, 0.29) is 0 Å². The maximum absolute atomic E-state index is 6.45. The smallest absolute Gasteiger partial charge is 0.126 e. The van der Waals surface area contributed by atoms with Gasteiger partial charge in [0.1, 0.15) is 5.01 Å². The Morgan fingerprint density at radius 3 is 2.19 bits per heavy atom. The Morgan fingerprint density at radius 2 is 1.52 bits per heavy atom. The van der Waals surface area contributed by atoms with E-state index >= 15 is 0 Å². The van der Waals surface area contributed by atoms with Gasteiger partial charge in [-0.25, -0.2) is 4.98 Å². The molecule has 0 unspecified atom stereocenters. The van der Waals surface area contributed by atoms with E-state index in [0.29, 0.717) is 0 Å². The van der Waals surface area contributed by atoms with Gasteiger partial charge in [0, 0.05) is 16.0 Å². The zero-order chi connectivity index (χ0) is 18.8. The third kappa shape index (κ3) is 3.68. The van der Waals surface area contributed by atoms with Gasteiger partial charge in [-0.1, -0.05) is 66.2 Å². The Morgan fingerprint density at radius 1 is 0.852 bits per heavy atom. The van der Waals surface area contributed by atoms with E-state index in [0.717, 1.165) is 26.9 Å². The molecule has 0 aliphatic carbocycles. The Labute approximate surface area is 173 Å². The molecule has 27 heavy (non-hydrogen) atoms. The van der Waals surface area contributed by atoms with Gasteiger partial charge in [-0.15, -0.1) is 23.1 Å². The number of aryl methyl sites for hydroxylation is 1. The first-order valence-corrected chi connectivity index (χ1v) is 11.1. The fourth-order valence-electron chi connectivity index (χ4n) is 3.03. The maximum atomic E-state index is 6.45. The number of nitrogens with zero attached hydrogens (tertiary/aromatic N) is 1. The molecule has 134 valence electrons. The molecule has 0 aliphatic heterocycles. The molecule has 0 bridgehead atoms. The molecule has 0 saturated heterocycles. The third-order valence-corrected chi connectivity index (χ3v) is 6.69. The number of thioether (sulfide) groups is 1. The Hall–Kier alpha value is -2.07. The molecule has 0 spiro atoms. The first-order valence-electron chi connectivity index (χ1n) is 8.63. The van der Waals surface area contributed by atoms with E-state index in [2.05, 4.69) is 61.7 Å². The third-order valence-electron chi connectivity index (χ3n) is 4.48. The minimum Gasteiger partial charge on any atom is -0.235 e. The zero-order valence-corrected chi connectivity index (χ0v) is 17.5. The fraction of sp³-hybridized carbons (Fsp3) is 0.0870. The number of benzene rings is 3. The van der Waals surface area contributed by atoms with E-state index < -0.39 is 0 Å². The molecule has 0 radical (unpaired) electrons. The Balaban J connectivity index is 1.93. The van der Waals surface area contributed by atoms with Gasteiger partial charge in [-0.3, -0.25) is 0 Å². The van der Waals surface area contributed by atoms with Crippen molar-refractivity contribution in [1.29, 1.82) is 0 Å². The van der Waals surface area contributed by atoms with Gasteiger partial charge >= 0.3 is 0 Å². The summed E-state index contributed by atoms with van der Waals surface area (Å²) >= 11 is 9.89. The lowest BCUT2D eigenvalue weighted by Crippen LogP contribution is -1.86. The van der Waals surface area contributed by atoms with Crippen molar-refractivity contribution in [3.05, 3.63) is 83.4 Å². The number of rotatable bonds is 4. The van der Waals surface area contributed by atoms with Crippen LogP contribution in [0.3, 0.4) is 0 Å². The second kappa shape index (κ2) is 7.89. The molecule has 0 fully saturated rings. The largest absolute Gasteiger partial charge is 0.235 e. The van der Waals surface area contributed by atoms with Crippen molar-refractivity contribution in [1.82, 2.24) is 4.98 Å². The average Bonchev–Trinajstić information content (AvgIpc) is 3.13. The first kappa shape index (κ1) is 18.3. The number of hydrogen-bond acceptors (Lipinski definition) is 3. The fourth-order valence-corrected chi connectivity index (χ4v) is 4.84. The zero-order valence-electron chi connectivity index (χ0n) is 15.1. The summed E-state index contributed by atoms with van der Waals surface area (Å²) < 4.78 is 0. The van der Waals surface area contributed by atoms with Crippen molar-refractivity contribution in [3.8, 4) is 32.3 Å². The van der Waals surface area contributed by atoms with Gasteiger partial charge in [0.15, 0.2) is 0 Å². The molecule has 0 aliphatic rings. The topological polar surface area (TPSA) is 12.9 Å². The van der Waals surface area contributed by atoms with Crippen molar-refractivity contribution < 1.29 is 0 Å². The molecule has 1 nitrogen and oxygen atoms in total. The molecule has 3 aromatic carbocycles. The molecule has 1 heterocycles. The maximum Gasteiger partial charge on any atom is 0.126 e. The molecule has 4 aromatic rings. The van der Waals surface area contributed by atoms with Crippen LogP contribution < -0.4 is 0 Å². The van der Waals surface area contributed by atoms with Crippen LogP contribution in [0.2, 0.25) is 5.02 Å². The predicted octanol–water partition coefficient (Wildman–Crippen LogP) is 7.83. The van der Waals surface area contributed by atoms with Crippen LogP contribution in [-0.2, 0) is 0 Å². The van der Waals surface area contributed by atoms with Gasteiger partial charge in [0.25, 0.3) is 0 Å². The van der Waals surface area contributed by atoms with Crippen LogP contribution in [0.15, 0.2) is 77.7 Å². The second-order valence-corrected chi connectivity index (χ2v) is 8.51. The van der Waals surface area contributed by atoms with E-state index in [1.807, 2.05) is 24.3 Å². The molecular formula is C23H18ClNS2. The van der Waals surface area contributed by atoms with Gasteiger partial charge in [-0.2, -0.15) is 0 Å². The monoisotopic (exact) mass is 407 g/mol. The Bertz CT molecular complexity index is 1080. The minimum atomic E-state index is 0.729. The highest BCUT2D eigenvalue weighted by molar-refractivity contribution is 7.98. The Kier molecular flexibility index (Phi) is 5.35. The van der Waals surface area contributed by atoms with E-state index in [4.69, 9.17) is 16.6 Å². The van der Waals surface area contributed by atoms with Crippen LogP contribution in [0.25, 0.3) is 32.3 Å². The van der Waals surface area contributed by atoms with Crippen LogP contribution in [-0.4, -0.2) is 11.2 Å². The number of thiazole rings is 1. The van der Waals surface area contributed by atoms with Gasteiger partial charge < -0.3 is 0 Å². The van der Waals surface area contributed by atoms with Crippen molar-refractivity contribution in [2.75, 3.05) is 6.26 Å². The molecular weight excluding hydrogens is 390 g/mol. The highest BCUT2D eigenvalue weighted by atomic mass is 35.5. The van der Waals surface area contributed by atoms with Crippen molar-refractivity contribution in [3.63, 3.8) is 0 Å². The van der Waals surface area contributed by atoms with Crippen molar-refractivity contribution in [2.45, 2.75) is 11.8 Å². The summed E-state index contributed by atoms with van der Waals surface area (Å²) in [5.41, 5.74) is 5.56. The van der Waals surface area contributed by atoms with E-state index in [9.17, 15) is 0 Å². The molecule has 0 atom stereocenters. The van der Waals surface area contributed by atoms with Crippen molar-refractivity contribution in [2.24, 2.45) is 0 Å². The number of aromatic nitrogens is 1. The highest BCUT2D eigenvalue weighted by Crippen LogP contribution is 2.43. The summed E-state index contributed by atoms with van der Waals surface area (Å²) in [6.45, 7) is 2.13. The molecule has 4 rings (SSSR count). The average molecular weight is 408 g/mol. The standard InChI is InChI=1S/C23H18ClNS2/c1-15-7-3-4-8-18(15)21-22(16-11-13-17(26-2)14-12-16)27-23(25-21)19-9-5-6-10-20(19)24/h3-14H,1-2H3. The number of hydrogen-bond donors (Lipinski definition) is 0. The quantitative estimate of drug-likeness (QED) is 0.319. The summed E-state index contributed by atoms with van der Waals surface area (Å²) in [7, 11) is 0. The van der Waals surface area contributed by atoms with Gasteiger partial charge in [-0.05, 0) is 42.5 Å². The van der Waals surface area contributed by atoms with Crippen LogP contribution in [0.1, 0.15) is 5.56 Å². The van der Waals surface area contributed by atoms with E-state index in [1.165, 1.54) is 20.9 Å². The summed E-state index contributed by atoms with van der Waals surface area (Å²) in [6, 6.07) is 25.0.